The van der Waals surface area contributed by atoms with Gasteiger partial charge in [-0.25, -0.2) is 4.39 Å². The van der Waals surface area contributed by atoms with Gasteiger partial charge in [-0.05, 0) is 49.6 Å². The first-order valence-electron chi connectivity index (χ1n) is 10.8. The normalized spacial score (nSPS) is 15.0. The highest BCUT2D eigenvalue weighted by atomic mass is 19.1. The van der Waals surface area contributed by atoms with Crippen LogP contribution < -0.4 is 5.32 Å². The minimum atomic E-state index is -0.453. The van der Waals surface area contributed by atoms with Gasteiger partial charge in [0.1, 0.15) is 11.5 Å². The predicted molar refractivity (Wildman–Crippen MR) is 119 cm³/mol. The lowest BCUT2D eigenvalue weighted by Crippen LogP contribution is -2.41. The number of rotatable bonds is 6. The van der Waals surface area contributed by atoms with Crippen LogP contribution in [-0.2, 0) is 9.53 Å². The van der Waals surface area contributed by atoms with Crippen LogP contribution in [-0.4, -0.2) is 53.0 Å². The molecule has 0 aliphatic carbocycles. The summed E-state index contributed by atoms with van der Waals surface area (Å²) in [6.07, 6.45) is 2.36. The number of H-pyrrole nitrogens is 1. The minimum absolute atomic E-state index is 0.0319. The van der Waals surface area contributed by atoms with Crippen LogP contribution in [0.3, 0.4) is 0 Å². The van der Waals surface area contributed by atoms with Crippen LogP contribution in [0, 0.1) is 19.7 Å². The van der Waals surface area contributed by atoms with Crippen LogP contribution in [0.5, 0.6) is 0 Å². The van der Waals surface area contributed by atoms with E-state index in [4.69, 9.17) is 4.74 Å². The molecule has 32 heavy (non-hydrogen) atoms. The van der Waals surface area contributed by atoms with E-state index in [9.17, 15) is 14.0 Å². The quantitative estimate of drug-likeness (QED) is 0.617. The Morgan fingerprint density at radius 3 is 2.72 bits per heavy atom. The summed E-state index contributed by atoms with van der Waals surface area (Å²) in [4.78, 5) is 35.0. The van der Waals surface area contributed by atoms with Gasteiger partial charge in [-0.2, -0.15) is 0 Å². The van der Waals surface area contributed by atoms with E-state index in [-0.39, 0.29) is 29.7 Å². The average Bonchev–Trinajstić information content (AvgIpc) is 3.27. The van der Waals surface area contributed by atoms with Crippen molar-refractivity contribution in [3.05, 3.63) is 64.9 Å². The number of pyridine rings is 1. The molecule has 8 heteroatoms. The van der Waals surface area contributed by atoms with E-state index in [1.807, 2.05) is 26.0 Å². The van der Waals surface area contributed by atoms with Gasteiger partial charge in [0, 0.05) is 31.1 Å². The molecule has 1 aliphatic heterocycles. The Bertz CT molecular complexity index is 1100. The van der Waals surface area contributed by atoms with E-state index in [0.29, 0.717) is 49.3 Å². The molecule has 0 radical (unpaired) electrons. The summed E-state index contributed by atoms with van der Waals surface area (Å²) in [6.45, 7) is 6.03. The van der Waals surface area contributed by atoms with E-state index >= 15 is 0 Å². The standard InChI is InChI=1S/C24H27FN4O3/c1-15-4-3-9-26-23(15)19(7-8-21(30)29-10-12-32-13-11-29)28-24(31)20-14-17-18(25)6-5-16(2)22(17)27-20/h3-6,9,14,19,27H,7-8,10-13H2,1-2H3,(H,28,31). The average molecular weight is 439 g/mol. The summed E-state index contributed by atoms with van der Waals surface area (Å²) in [5.41, 5.74) is 3.37. The second-order valence-corrected chi connectivity index (χ2v) is 8.10. The summed E-state index contributed by atoms with van der Waals surface area (Å²) < 4.78 is 19.5. The Hall–Kier alpha value is -3.26. The number of carbonyl (C=O) groups excluding carboxylic acids is 2. The zero-order chi connectivity index (χ0) is 22.7. The molecule has 1 aliphatic rings. The molecule has 7 nitrogen and oxygen atoms in total. The lowest BCUT2D eigenvalue weighted by atomic mass is 10.0. The highest BCUT2D eigenvalue weighted by Gasteiger charge is 2.24. The molecule has 168 valence electrons. The fourth-order valence-corrected chi connectivity index (χ4v) is 4.06. The van der Waals surface area contributed by atoms with Crippen LogP contribution in [0.1, 0.15) is 46.2 Å². The molecule has 4 rings (SSSR count). The van der Waals surface area contributed by atoms with Gasteiger partial charge < -0.3 is 19.9 Å². The summed E-state index contributed by atoms with van der Waals surface area (Å²) in [6, 6.07) is 7.89. The third-order valence-corrected chi connectivity index (χ3v) is 5.89. The van der Waals surface area contributed by atoms with Crippen LogP contribution in [0.4, 0.5) is 4.39 Å². The summed E-state index contributed by atoms with van der Waals surface area (Å²) in [5, 5.41) is 3.38. The highest BCUT2D eigenvalue weighted by molar-refractivity contribution is 5.99. The van der Waals surface area contributed by atoms with E-state index in [1.54, 1.807) is 17.2 Å². The van der Waals surface area contributed by atoms with Crippen molar-refractivity contribution in [3.63, 3.8) is 0 Å². The third kappa shape index (κ3) is 4.65. The van der Waals surface area contributed by atoms with Crippen molar-refractivity contribution in [3.8, 4) is 0 Å². The van der Waals surface area contributed by atoms with Gasteiger partial charge in [0.15, 0.2) is 0 Å². The number of fused-ring (bicyclic) bond motifs is 1. The summed E-state index contributed by atoms with van der Waals surface area (Å²) in [5.74, 6) is -0.715. The van der Waals surface area contributed by atoms with Crippen molar-refractivity contribution >= 4 is 22.7 Å². The van der Waals surface area contributed by atoms with Gasteiger partial charge in [-0.15, -0.1) is 0 Å². The van der Waals surface area contributed by atoms with Crippen molar-refractivity contribution in [1.29, 1.82) is 0 Å². The number of halogens is 1. The maximum atomic E-state index is 14.2. The third-order valence-electron chi connectivity index (χ3n) is 5.89. The molecule has 2 N–H and O–H groups in total. The molecule has 1 unspecified atom stereocenters. The molecule has 2 aromatic heterocycles. The Labute approximate surface area is 186 Å². The Kier molecular flexibility index (Phi) is 6.50. The van der Waals surface area contributed by atoms with Gasteiger partial charge in [0.2, 0.25) is 5.91 Å². The van der Waals surface area contributed by atoms with E-state index < -0.39 is 6.04 Å². The zero-order valence-electron chi connectivity index (χ0n) is 18.3. The molecule has 0 saturated carbocycles. The summed E-state index contributed by atoms with van der Waals surface area (Å²) >= 11 is 0. The molecular formula is C24H27FN4O3. The Balaban J connectivity index is 1.54. The highest BCUT2D eigenvalue weighted by Crippen LogP contribution is 2.24. The van der Waals surface area contributed by atoms with Gasteiger partial charge in [-0.3, -0.25) is 14.6 Å². The number of carbonyl (C=O) groups is 2. The molecule has 0 bridgehead atoms. The second kappa shape index (κ2) is 9.48. The molecule has 1 fully saturated rings. The lowest BCUT2D eigenvalue weighted by Gasteiger charge is -2.27. The fraction of sp³-hybridized carbons (Fsp3) is 0.375. The first-order chi connectivity index (χ1) is 15.4. The SMILES string of the molecule is Cc1cccnc1C(CCC(=O)N1CCOCC1)NC(=O)c1cc2c(F)ccc(C)c2[nH]1. The number of aromatic amines is 1. The molecule has 0 spiro atoms. The minimum Gasteiger partial charge on any atom is -0.378 e. The van der Waals surface area contributed by atoms with E-state index in [2.05, 4.69) is 15.3 Å². The molecule has 3 aromatic rings. The van der Waals surface area contributed by atoms with Gasteiger partial charge >= 0.3 is 0 Å². The Morgan fingerprint density at radius 2 is 2.00 bits per heavy atom. The van der Waals surface area contributed by atoms with Gasteiger partial charge in [0.25, 0.3) is 5.91 Å². The number of aryl methyl sites for hydroxylation is 2. The lowest BCUT2D eigenvalue weighted by molar-refractivity contribution is -0.135. The Morgan fingerprint density at radius 1 is 1.22 bits per heavy atom. The van der Waals surface area contributed by atoms with Crippen molar-refractivity contribution in [2.75, 3.05) is 26.3 Å². The van der Waals surface area contributed by atoms with Crippen molar-refractivity contribution in [2.45, 2.75) is 32.7 Å². The fourth-order valence-electron chi connectivity index (χ4n) is 4.06. The molecular weight excluding hydrogens is 411 g/mol. The van der Waals surface area contributed by atoms with Crippen molar-refractivity contribution in [2.24, 2.45) is 0 Å². The van der Waals surface area contributed by atoms with Crippen LogP contribution in [0.2, 0.25) is 0 Å². The zero-order valence-corrected chi connectivity index (χ0v) is 18.3. The predicted octanol–water partition coefficient (Wildman–Crippen LogP) is 3.43. The molecule has 1 atom stereocenters. The van der Waals surface area contributed by atoms with Crippen molar-refractivity contribution < 1.29 is 18.7 Å². The van der Waals surface area contributed by atoms with Crippen molar-refractivity contribution in [1.82, 2.24) is 20.2 Å². The smallest absolute Gasteiger partial charge is 0.268 e. The number of nitrogens with one attached hydrogen (secondary N) is 2. The van der Waals surface area contributed by atoms with Gasteiger partial charge in [-0.1, -0.05) is 12.1 Å². The van der Waals surface area contributed by atoms with E-state index in [0.717, 1.165) is 11.1 Å². The number of nitrogens with zero attached hydrogens (tertiary/aromatic N) is 2. The van der Waals surface area contributed by atoms with Crippen LogP contribution in [0.15, 0.2) is 36.5 Å². The molecule has 1 aromatic carbocycles. The first kappa shape index (κ1) is 22.0. The number of benzene rings is 1. The van der Waals surface area contributed by atoms with Crippen LogP contribution in [0.25, 0.3) is 10.9 Å². The maximum Gasteiger partial charge on any atom is 0.268 e. The van der Waals surface area contributed by atoms with Crippen LogP contribution >= 0.6 is 0 Å². The number of ether oxygens (including phenoxy) is 1. The topological polar surface area (TPSA) is 87.3 Å². The largest absolute Gasteiger partial charge is 0.378 e. The summed E-state index contributed by atoms with van der Waals surface area (Å²) in [7, 11) is 0. The molecule has 1 saturated heterocycles. The number of amides is 2. The molecule has 3 heterocycles. The molecule has 2 amide bonds. The number of aromatic nitrogens is 2. The number of hydrogen-bond acceptors (Lipinski definition) is 4. The maximum absolute atomic E-state index is 14.2. The number of hydrogen-bond donors (Lipinski definition) is 2. The second-order valence-electron chi connectivity index (χ2n) is 8.10. The number of morpholine rings is 1. The monoisotopic (exact) mass is 438 g/mol. The van der Waals surface area contributed by atoms with Gasteiger partial charge in [0.05, 0.1) is 30.5 Å². The first-order valence-corrected chi connectivity index (χ1v) is 10.8. The van der Waals surface area contributed by atoms with E-state index in [1.165, 1.54) is 12.1 Å².